The molecule has 1 aromatic heterocycles. The third-order valence-electron chi connectivity index (χ3n) is 7.39. The first-order chi connectivity index (χ1) is 16.6. The van der Waals surface area contributed by atoms with Crippen LogP contribution in [0.25, 0.3) is 5.69 Å². The Hall–Kier alpha value is -2.59. The average Bonchev–Trinajstić information content (AvgIpc) is 3.50. The van der Waals surface area contributed by atoms with Gasteiger partial charge in [0.15, 0.2) is 0 Å². The summed E-state index contributed by atoms with van der Waals surface area (Å²) in [4.78, 5) is 17.9. The number of ether oxygens (including phenoxy) is 1. The van der Waals surface area contributed by atoms with Gasteiger partial charge in [-0.15, -0.1) is 13.2 Å². The predicted octanol–water partition coefficient (Wildman–Crippen LogP) is 4.02. The zero-order valence-corrected chi connectivity index (χ0v) is 20.0. The topological polar surface area (TPSA) is 70.8 Å². The second-order valence-corrected chi connectivity index (χ2v) is 10.0. The first kappa shape index (κ1) is 24.1. The number of amides is 1. The molecule has 7 nitrogen and oxygen atoms in total. The molecule has 3 aliphatic rings. The zero-order valence-electron chi connectivity index (χ0n) is 20.0. The minimum Gasteiger partial charge on any atom is -0.406 e. The fourth-order valence-electron chi connectivity index (χ4n) is 5.65. The van der Waals surface area contributed by atoms with Crippen molar-refractivity contribution in [3.63, 3.8) is 0 Å². The number of hydrogen-bond acceptors (Lipinski definition) is 5. The van der Waals surface area contributed by atoms with E-state index in [9.17, 15) is 23.1 Å². The third kappa shape index (κ3) is 5.04. The van der Waals surface area contributed by atoms with Gasteiger partial charge in [0, 0.05) is 43.7 Å². The van der Waals surface area contributed by atoms with Gasteiger partial charge in [0.1, 0.15) is 5.75 Å². The van der Waals surface area contributed by atoms with Crippen molar-refractivity contribution in [3.8, 4) is 11.4 Å². The number of β-amino-alcohol motifs (C(OH)–C–C–N with tert-alkyl or cyclic N) is 1. The van der Waals surface area contributed by atoms with Crippen molar-refractivity contribution in [3.05, 3.63) is 41.2 Å². The minimum absolute atomic E-state index is 0.0636. The van der Waals surface area contributed by atoms with Gasteiger partial charge in [-0.3, -0.25) is 9.69 Å². The predicted molar refractivity (Wildman–Crippen MR) is 123 cm³/mol. The van der Waals surface area contributed by atoms with Crippen LogP contribution in [0.2, 0.25) is 0 Å². The van der Waals surface area contributed by atoms with Crippen LogP contribution in [-0.2, 0) is 0 Å². The van der Waals surface area contributed by atoms with Crippen LogP contribution in [0, 0.1) is 6.92 Å². The van der Waals surface area contributed by atoms with Crippen LogP contribution < -0.4 is 4.74 Å². The van der Waals surface area contributed by atoms with E-state index in [1.165, 1.54) is 18.2 Å². The molecular weight excluding hydrogens is 461 g/mol. The molecule has 0 radical (unpaired) electrons. The molecule has 2 saturated heterocycles. The number of carbonyl (C=O) groups is 1. The number of benzene rings is 1. The van der Waals surface area contributed by atoms with Crippen LogP contribution in [0.5, 0.6) is 5.75 Å². The van der Waals surface area contributed by atoms with E-state index in [-0.39, 0.29) is 23.7 Å². The van der Waals surface area contributed by atoms with Crippen molar-refractivity contribution >= 4 is 5.91 Å². The molecule has 0 bridgehead atoms. The molecule has 1 saturated carbocycles. The largest absolute Gasteiger partial charge is 0.573 e. The molecule has 0 spiro atoms. The van der Waals surface area contributed by atoms with E-state index in [1.807, 2.05) is 4.90 Å². The highest BCUT2D eigenvalue weighted by atomic mass is 19.4. The Bertz CT molecular complexity index is 1090. The normalized spacial score (nSPS) is 24.2. The van der Waals surface area contributed by atoms with Crippen LogP contribution in [0.4, 0.5) is 13.2 Å². The maximum Gasteiger partial charge on any atom is 0.573 e. The Morgan fingerprint density at radius 3 is 2.49 bits per heavy atom. The third-order valence-corrected chi connectivity index (χ3v) is 7.39. The van der Waals surface area contributed by atoms with Crippen molar-refractivity contribution in [2.24, 2.45) is 0 Å². The Kier molecular flexibility index (Phi) is 6.29. The molecule has 2 aromatic rings. The molecule has 2 atom stereocenters. The number of aliphatic hydroxyl groups excluding tert-OH is 1. The number of hydrogen-bond donors (Lipinski definition) is 1. The Balaban J connectivity index is 1.37. The summed E-state index contributed by atoms with van der Waals surface area (Å²) < 4.78 is 43.9. The van der Waals surface area contributed by atoms with Crippen molar-refractivity contribution in [2.75, 3.05) is 19.6 Å². The molecule has 1 aromatic carbocycles. The van der Waals surface area contributed by atoms with E-state index in [4.69, 9.17) is 0 Å². The molecule has 3 heterocycles. The van der Waals surface area contributed by atoms with Crippen molar-refractivity contribution < 1.29 is 27.8 Å². The molecule has 190 valence electrons. The second-order valence-electron chi connectivity index (χ2n) is 10.0. The van der Waals surface area contributed by atoms with Gasteiger partial charge in [-0.05, 0) is 58.1 Å². The standard InChI is InChI=1S/C25H31F3N4O3/c1-15-12-20(33)14-31(15)18-8-10-30(11-9-18)24(34)22-16(2)29-32(23(22)17-6-7-17)19-4-3-5-21(13-19)35-25(26,27)28/h3-5,13,15,17-18,20,33H,6-12,14H2,1-2H3/t15-,20-/m1/s1. The molecule has 10 heteroatoms. The lowest BCUT2D eigenvalue weighted by molar-refractivity contribution is -0.274. The monoisotopic (exact) mass is 492 g/mol. The number of rotatable bonds is 5. The summed E-state index contributed by atoms with van der Waals surface area (Å²) in [7, 11) is 0. The van der Waals surface area contributed by atoms with Crippen LogP contribution in [0.3, 0.4) is 0 Å². The number of aromatic nitrogens is 2. The first-order valence-electron chi connectivity index (χ1n) is 12.3. The van der Waals surface area contributed by atoms with Crippen LogP contribution in [-0.4, -0.2) is 74.8 Å². The summed E-state index contributed by atoms with van der Waals surface area (Å²) in [5.41, 5.74) is 2.36. The highest BCUT2D eigenvalue weighted by Gasteiger charge is 2.39. The average molecular weight is 493 g/mol. The van der Waals surface area contributed by atoms with Crippen molar-refractivity contribution in [1.29, 1.82) is 0 Å². The summed E-state index contributed by atoms with van der Waals surface area (Å²) in [6.45, 7) is 5.88. The molecule has 1 amide bonds. The number of halogens is 3. The number of nitrogens with zero attached hydrogens (tertiary/aromatic N) is 4. The van der Waals surface area contributed by atoms with Gasteiger partial charge >= 0.3 is 6.36 Å². The minimum atomic E-state index is -4.78. The lowest BCUT2D eigenvalue weighted by Gasteiger charge is -2.38. The molecular formula is C25H31F3N4O3. The molecule has 1 aliphatic carbocycles. The quantitative estimate of drug-likeness (QED) is 0.683. The molecule has 35 heavy (non-hydrogen) atoms. The summed E-state index contributed by atoms with van der Waals surface area (Å²) >= 11 is 0. The van der Waals surface area contributed by atoms with Gasteiger partial charge in [0.25, 0.3) is 5.91 Å². The van der Waals surface area contributed by atoms with E-state index in [2.05, 4.69) is 21.7 Å². The van der Waals surface area contributed by atoms with E-state index in [0.717, 1.165) is 37.8 Å². The van der Waals surface area contributed by atoms with Gasteiger partial charge in [-0.1, -0.05) is 6.07 Å². The van der Waals surface area contributed by atoms with Gasteiger partial charge < -0.3 is 14.7 Å². The highest BCUT2D eigenvalue weighted by molar-refractivity contribution is 5.97. The summed E-state index contributed by atoms with van der Waals surface area (Å²) in [5.74, 6) is -0.223. The van der Waals surface area contributed by atoms with E-state index < -0.39 is 6.36 Å². The van der Waals surface area contributed by atoms with Crippen LogP contribution in [0.15, 0.2) is 24.3 Å². The van der Waals surface area contributed by atoms with Crippen molar-refractivity contribution in [1.82, 2.24) is 19.6 Å². The van der Waals surface area contributed by atoms with Gasteiger partial charge in [0.05, 0.1) is 28.7 Å². The Labute approximate surface area is 202 Å². The fraction of sp³-hybridized carbons (Fsp3) is 0.600. The maximum absolute atomic E-state index is 13.7. The lowest BCUT2D eigenvalue weighted by Crippen LogP contribution is -2.48. The smallest absolute Gasteiger partial charge is 0.406 e. The number of piperidine rings is 1. The fourth-order valence-corrected chi connectivity index (χ4v) is 5.65. The summed E-state index contributed by atoms with van der Waals surface area (Å²) in [5, 5.41) is 14.6. The Morgan fingerprint density at radius 1 is 1.17 bits per heavy atom. The van der Waals surface area contributed by atoms with Crippen LogP contribution in [0.1, 0.15) is 66.7 Å². The van der Waals surface area contributed by atoms with Gasteiger partial charge in [0.2, 0.25) is 0 Å². The summed E-state index contributed by atoms with van der Waals surface area (Å²) in [6, 6.07) is 6.42. The second kappa shape index (κ2) is 9.13. The van der Waals surface area contributed by atoms with E-state index >= 15 is 0 Å². The number of alkyl halides is 3. The molecule has 0 unspecified atom stereocenters. The maximum atomic E-state index is 13.7. The summed E-state index contributed by atoms with van der Waals surface area (Å²) in [6.07, 6.45) is -0.729. The SMILES string of the molecule is Cc1nn(-c2cccc(OC(F)(F)F)c2)c(C2CC2)c1C(=O)N1CCC(N2C[C@H](O)C[C@H]2C)CC1. The first-order valence-corrected chi connectivity index (χ1v) is 12.3. The van der Waals surface area contributed by atoms with E-state index in [0.29, 0.717) is 48.7 Å². The number of aryl methyl sites for hydroxylation is 1. The Morgan fingerprint density at radius 2 is 1.89 bits per heavy atom. The van der Waals surface area contributed by atoms with Crippen LogP contribution >= 0.6 is 0 Å². The van der Waals surface area contributed by atoms with E-state index in [1.54, 1.807) is 17.7 Å². The number of aliphatic hydroxyl groups is 1. The number of likely N-dealkylation sites (tertiary alicyclic amines) is 2. The zero-order chi connectivity index (χ0) is 24.9. The molecule has 3 fully saturated rings. The highest BCUT2D eigenvalue weighted by Crippen LogP contribution is 2.44. The van der Waals surface area contributed by atoms with Gasteiger partial charge in [-0.2, -0.15) is 5.10 Å². The van der Waals surface area contributed by atoms with Gasteiger partial charge in [-0.25, -0.2) is 4.68 Å². The molecule has 2 aliphatic heterocycles. The van der Waals surface area contributed by atoms with Crippen molar-refractivity contribution in [2.45, 2.75) is 76.4 Å². The lowest BCUT2D eigenvalue weighted by atomic mass is 10.0. The number of carbonyl (C=O) groups excluding carboxylic acids is 1. The molecule has 1 N–H and O–H groups in total. The molecule has 5 rings (SSSR count).